The zero-order valence-electron chi connectivity index (χ0n) is 23.0. The van der Waals surface area contributed by atoms with Crippen LogP contribution < -0.4 is 26.4 Å². The van der Waals surface area contributed by atoms with Crippen LogP contribution in [0.25, 0.3) is 0 Å². The van der Waals surface area contributed by atoms with Gasteiger partial charge in [0.05, 0.1) is 4.90 Å². The Balaban J connectivity index is 1.72. The summed E-state index contributed by atoms with van der Waals surface area (Å²) in [5.74, 6) is -3.42. The molecule has 43 heavy (non-hydrogen) atoms. The molecule has 1 unspecified atom stereocenters. The third-order valence-electron chi connectivity index (χ3n) is 6.15. The smallest absolute Gasteiger partial charge is 0.326 e. The second-order valence-electron chi connectivity index (χ2n) is 9.49. The minimum atomic E-state index is -3.81. The van der Waals surface area contributed by atoms with Crippen LogP contribution in [0.1, 0.15) is 48.0 Å². The van der Waals surface area contributed by atoms with E-state index in [1.807, 2.05) is 6.07 Å². The van der Waals surface area contributed by atoms with E-state index in [4.69, 9.17) is 5.14 Å². The summed E-state index contributed by atoms with van der Waals surface area (Å²) in [6, 6.07) is 9.12. The number of aliphatic carboxylic acids is 2. The van der Waals surface area contributed by atoms with E-state index in [-0.39, 0.29) is 36.6 Å². The van der Waals surface area contributed by atoms with E-state index in [0.717, 1.165) is 9.13 Å². The molecule has 2 rings (SSSR count). The lowest BCUT2D eigenvalue weighted by atomic mass is 10.1. The number of carboxylic acids is 2. The van der Waals surface area contributed by atoms with Crippen molar-refractivity contribution in [2.45, 2.75) is 55.5 Å². The summed E-state index contributed by atoms with van der Waals surface area (Å²) < 4.78 is 23.5. The maximum atomic E-state index is 12.3. The van der Waals surface area contributed by atoms with Crippen molar-refractivity contribution >= 4 is 62.4 Å². The molecular formula is C27H34IN5O9S. The highest BCUT2D eigenvalue weighted by Gasteiger charge is 2.25. The quantitative estimate of drug-likeness (QED) is 0.0913. The van der Waals surface area contributed by atoms with Crippen LogP contribution in [0.3, 0.4) is 0 Å². The van der Waals surface area contributed by atoms with Crippen LogP contribution in [0.5, 0.6) is 0 Å². The maximum absolute atomic E-state index is 12.3. The second-order valence-corrected chi connectivity index (χ2v) is 12.3. The van der Waals surface area contributed by atoms with E-state index in [1.54, 1.807) is 30.3 Å². The van der Waals surface area contributed by atoms with E-state index >= 15 is 0 Å². The minimum Gasteiger partial charge on any atom is -0.480 e. The van der Waals surface area contributed by atoms with Crippen LogP contribution in [0.15, 0.2) is 53.4 Å². The lowest BCUT2D eigenvalue weighted by molar-refractivity contribution is -0.139. The predicted octanol–water partition coefficient (Wildman–Crippen LogP) is 1.18. The third kappa shape index (κ3) is 13.4. The molecule has 0 saturated heterocycles. The number of primary sulfonamides is 1. The highest BCUT2D eigenvalue weighted by Crippen LogP contribution is 2.10. The summed E-state index contributed by atoms with van der Waals surface area (Å²) in [5, 5.41) is 33.8. The number of nitrogens with one attached hydrogen (secondary N) is 4. The van der Waals surface area contributed by atoms with Crippen molar-refractivity contribution in [3.8, 4) is 0 Å². The van der Waals surface area contributed by atoms with Gasteiger partial charge in [-0.25, -0.2) is 27.9 Å². The Bertz CT molecular complexity index is 1400. The minimum absolute atomic E-state index is 0.0365. The van der Waals surface area contributed by atoms with Crippen molar-refractivity contribution in [1.82, 2.24) is 21.3 Å². The molecule has 0 aromatic heterocycles. The fraction of sp³-hybridized carbons (Fsp3) is 0.370. The first-order chi connectivity index (χ1) is 20.3. The summed E-state index contributed by atoms with van der Waals surface area (Å²) in [5.41, 5.74) is 1.25. The van der Waals surface area contributed by atoms with Gasteiger partial charge >= 0.3 is 18.0 Å². The summed E-state index contributed by atoms with van der Waals surface area (Å²) in [4.78, 5) is 59.9. The summed E-state index contributed by atoms with van der Waals surface area (Å²) in [7, 11) is -3.81. The predicted molar refractivity (Wildman–Crippen MR) is 164 cm³/mol. The number of sulfonamides is 1. The van der Waals surface area contributed by atoms with Gasteiger partial charge in [0.2, 0.25) is 15.9 Å². The van der Waals surface area contributed by atoms with Crippen molar-refractivity contribution < 1.29 is 42.6 Å². The molecule has 2 aromatic carbocycles. The molecule has 0 bridgehead atoms. The van der Waals surface area contributed by atoms with Crippen molar-refractivity contribution in [2.75, 3.05) is 13.1 Å². The summed E-state index contributed by atoms with van der Waals surface area (Å²) in [6.07, 6.45) is 0.786. The first-order valence-corrected chi connectivity index (χ1v) is 15.8. The van der Waals surface area contributed by atoms with Crippen molar-refractivity contribution in [2.24, 2.45) is 5.14 Å². The molecule has 14 nitrogen and oxygen atoms in total. The summed E-state index contributed by atoms with van der Waals surface area (Å²) >= 11 is 2.10. The molecule has 0 aliphatic heterocycles. The molecule has 8 N–H and O–H groups in total. The highest BCUT2D eigenvalue weighted by atomic mass is 127. The van der Waals surface area contributed by atoms with Gasteiger partial charge in [0.15, 0.2) is 0 Å². The lowest BCUT2D eigenvalue weighted by Gasteiger charge is -2.18. The van der Waals surface area contributed by atoms with Crippen LogP contribution >= 0.6 is 22.6 Å². The Morgan fingerprint density at radius 1 is 0.837 bits per heavy atom. The first-order valence-electron chi connectivity index (χ1n) is 13.2. The molecule has 4 amide bonds. The molecule has 0 heterocycles. The van der Waals surface area contributed by atoms with E-state index < -0.39 is 46.0 Å². The number of unbranched alkanes of at least 4 members (excludes halogenated alkanes) is 1. The number of carbonyl (C=O) groups is 5. The SMILES string of the molecule is NS(=O)(=O)c1ccc(CCNC(=O)CC[C@H](NC(=O)NC(CCCCNC(=O)c2cccc(I)c2)C(=O)O)C(=O)O)cc1. The van der Waals surface area contributed by atoms with E-state index in [0.29, 0.717) is 31.4 Å². The molecule has 2 atom stereocenters. The number of rotatable bonds is 17. The highest BCUT2D eigenvalue weighted by molar-refractivity contribution is 14.1. The number of carbonyl (C=O) groups excluding carboxylic acids is 3. The van der Waals surface area contributed by atoms with Gasteiger partial charge in [-0.2, -0.15) is 0 Å². The Morgan fingerprint density at radius 2 is 1.47 bits per heavy atom. The first kappa shape index (κ1) is 35.4. The Kier molecular flexibility index (Phi) is 14.3. The van der Waals surface area contributed by atoms with Gasteiger partial charge in [-0.05, 0) is 90.6 Å². The van der Waals surface area contributed by atoms with Crippen molar-refractivity contribution in [3.63, 3.8) is 0 Å². The maximum Gasteiger partial charge on any atom is 0.326 e. The molecule has 16 heteroatoms. The zero-order valence-corrected chi connectivity index (χ0v) is 26.0. The standard InChI is InChI=1S/C27H34IN5O9S/c28-19-5-3-4-18(16-19)24(35)31-14-2-1-6-21(25(36)37)32-27(40)33-22(26(38)39)11-12-23(34)30-15-13-17-7-9-20(10-8-17)43(29,41)42/h3-5,7-10,16,21-22H,1-2,6,11-15H2,(H,30,34)(H,31,35)(H,36,37)(H,38,39)(H2,29,41,42)(H2,32,33,40)/t21?,22-/m0/s1. The second kappa shape index (κ2) is 17.4. The summed E-state index contributed by atoms with van der Waals surface area (Å²) in [6.45, 7) is 0.506. The number of carboxylic acid groups (broad SMARTS) is 2. The number of nitrogens with two attached hydrogens (primary N) is 1. The number of amides is 4. The third-order valence-corrected chi connectivity index (χ3v) is 7.75. The monoisotopic (exact) mass is 731 g/mol. The Labute approximate surface area is 262 Å². The number of halogens is 1. The van der Waals surface area contributed by atoms with E-state index in [1.165, 1.54) is 12.1 Å². The average molecular weight is 732 g/mol. The molecule has 0 spiro atoms. The fourth-order valence-corrected chi connectivity index (χ4v) is 4.89. The van der Waals surface area contributed by atoms with Crippen molar-refractivity contribution in [1.29, 1.82) is 0 Å². The normalized spacial score (nSPS) is 12.4. The van der Waals surface area contributed by atoms with E-state index in [2.05, 4.69) is 43.9 Å². The Morgan fingerprint density at radius 3 is 2.05 bits per heavy atom. The molecule has 0 saturated carbocycles. The largest absolute Gasteiger partial charge is 0.480 e. The van der Waals surface area contributed by atoms with Gasteiger partial charge in [-0.3, -0.25) is 9.59 Å². The Hall–Kier alpha value is -3.77. The van der Waals surface area contributed by atoms with Crippen LogP contribution in [0.2, 0.25) is 0 Å². The molecular weight excluding hydrogens is 697 g/mol. The van der Waals surface area contributed by atoms with Gasteiger partial charge in [0.25, 0.3) is 5.91 Å². The molecule has 0 radical (unpaired) electrons. The number of urea groups is 1. The van der Waals surface area contributed by atoms with Gasteiger partial charge in [-0.1, -0.05) is 18.2 Å². The lowest BCUT2D eigenvalue weighted by Crippen LogP contribution is -2.51. The van der Waals surface area contributed by atoms with Crippen molar-refractivity contribution in [3.05, 3.63) is 63.2 Å². The molecule has 0 aliphatic rings. The molecule has 0 fully saturated rings. The topological polar surface area (TPSA) is 234 Å². The zero-order chi connectivity index (χ0) is 32.0. The fourth-order valence-electron chi connectivity index (χ4n) is 3.84. The number of hydrogen-bond acceptors (Lipinski definition) is 7. The van der Waals surface area contributed by atoms with Crippen LogP contribution in [-0.4, -0.2) is 73.6 Å². The van der Waals surface area contributed by atoms with Crippen LogP contribution in [-0.2, 0) is 30.8 Å². The van der Waals surface area contributed by atoms with Gasteiger partial charge in [0, 0.05) is 28.6 Å². The number of benzene rings is 2. The number of hydrogen-bond donors (Lipinski definition) is 7. The van der Waals surface area contributed by atoms with E-state index in [9.17, 15) is 42.6 Å². The molecule has 234 valence electrons. The van der Waals surface area contributed by atoms with Crippen LogP contribution in [0, 0.1) is 3.57 Å². The van der Waals surface area contributed by atoms with Gasteiger partial charge < -0.3 is 31.5 Å². The van der Waals surface area contributed by atoms with Gasteiger partial charge in [0.1, 0.15) is 12.1 Å². The molecule has 0 aliphatic carbocycles. The molecule has 2 aromatic rings. The average Bonchev–Trinajstić information content (AvgIpc) is 2.93. The van der Waals surface area contributed by atoms with Crippen LogP contribution in [0.4, 0.5) is 4.79 Å². The van der Waals surface area contributed by atoms with Gasteiger partial charge in [-0.15, -0.1) is 0 Å².